The zero-order valence-corrected chi connectivity index (χ0v) is 12.5. The van der Waals surface area contributed by atoms with Crippen molar-refractivity contribution < 1.29 is 9.21 Å². The Kier molecular flexibility index (Phi) is 3.70. The van der Waals surface area contributed by atoms with Crippen LogP contribution in [0.1, 0.15) is 59.3 Å². The van der Waals surface area contributed by atoms with Gasteiger partial charge in [0.2, 0.25) is 0 Å². The summed E-state index contributed by atoms with van der Waals surface area (Å²) in [6, 6.07) is 0. The smallest absolute Gasteiger partial charge is 0.339 e. The van der Waals surface area contributed by atoms with Gasteiger partial charge in [-0.05, 0) is 31.2 Å². The van der Waals surface area contributed by atoms with E-state index >= 15 is 0 Å². The Morgan fingerprint density at radius 2 is 2.00 bits per heavy atom. The molecule has 0 saturated heterocycles. The average Bonchev–Trinajstić information content (AvgIpc) is 2.92. The second-order valence-corrected chi connectivity index (χ2v) is 6.21. The minimum Gasteiger partial charge on any atom is -0.426 e. The van der Waals surface area contributed by atoms with Gasteiger partial charge in [0.25, 0.3) is 5.91 Å². The highest BCUT2D eigenvalue weighted by Crippen LogP contribution is 2.30. The third-order valence-corrected chi connectivity index (χ3v) is 4.72. The van der Waals surface area contributed by atoms with Gasteiger partial charge in [-0.15, -0.1) is 0 Å². The summed E-state index contributed by atoms with van der Waals surface area (Å²) >= 11 is 0. The minimum atomic E-state index is -0.322. The highest BCUT2D eigenvalue weighted by Gasteiger charge is 2.28. The maximum Gasteiger partial charge on any atom is 0.339 e. The zero-order chi connectivity index (χ0) is 15.0. The summed E-state index contributed by atoms with van der Waals surface area (Å²) in [6.45, 7) is 5.52. The van der Waals surface area contributed by atoms with E-state index in [4.69, 9.17) is 4.42 Å². The molecule has 1 N–H and O–H groups in total. The molecule has 3 rings (SSSR count). The Morgan fingerprint density at radius 3 is 2.71 bits per heavy atom. The summed E-state index contributed by atoms with van der Waals surface area (Å²) < 4.78 is 5.31. The van der Waals surface area contributed by atoms with Gasteiger partial charge in [0.05, 0.1) is 5.56 Å². The molecule has 1 amide bonds. The van der Waals surface area contributed by atoms with Gasteiger partial charge in [0.15, 0.2) is 0 Å². The molecule has 21 heavy (non-hydrogen) atoms. The van der Waals surface area contributed by atoms with Gasteiger partial charge in [0, 0.05) is 17.7 Å². The topological polar surface area (TPSA) is 59.3 Å². The molecule has 1 aliphatic heterocycles. The van der Waals surface area contributed by atoms with Crippen molar-refractivity contribution in [3.63, 3.8) is 0 Å². The molecule has 4 nitrogen and oxygen atoms in total. The summed E-state index contributed by atoms with van der Waals surface area (Å²) in [5.74, 6) is 1.02. The molecular weight excluding hydrogens is 266 g/mol. The van der Waals surface area contributed by atoms with Crippen LogP contribution in [0.5, 0.6) is 0 Å². The molecule has 0 aromatic carbocycles. The SMILES string of the molecule is C=C1Cc2oc(=O)c(C)c(CCC3CCCC3)c2C(=O)N1. The van der Waals surface area contributed by atoms with Crippen molar-refractivity contribution in [1.29, 1.82) is 0 Å². The first-order valence-corrected chi connectivity index (χ1v) is 7.71. The van der Waals surface area contributed by atoms with E-state index in [0.29, 0.717) is 29.0 Å². The van der Waals surface area contributed by atoms with Gasteiger partial charge in [0.1, 0.15) is 5.76 Å². The third-order valence-electron chi connectivity index (χ3n) is 4.72. The van der Waals surface area contributed by atoms with Crippen LogP contribution in [0.2, 0.25) is 0 Å². The minimum absolute atomic E-state index is 0.186. The number of amides is 1. The number of nitrogens with one attached hydrogen (secondary N) is 1. The normalized spacial score (nSPS) is 18.7. The van der Waals surface area contributed by atoms with Crippen LogP contribution in [0, 0.1) is 12.8 Å². The van der Waals surface area contributed by atoms with Crippen molar-refractivity contribution in [1.82, 2.24) is 5.32 Å². The first kappa shape index (κ1) is 14.1. The number of hydrogen-bond donors (Lipinski definition) is 1. The predicted octanol–water partition coefficient (Wildman–Crippen LogP) is 2.87. The van der Waals surface area contributed by atoms with Crippen molar-refractivity contribution >= 4 is 5.91 Å². The maximum absolute atomic E-state index is 12.2. The summed E-state index contributed by atoms with van der Waals surface area (Å²) in [6.07, 6.45) is 7.39. The first-order chi connectivity index (χ1) is 10.1. The summed E-state index contributed by atoms with van der Waals surface area (Å²) in [7, 11) is 0. The molecule has 0 spiro atoms. The van der Waals surface area contributed by atoms with E-state index in [1.165, 1.54) is 25.7 Å². The van der Waals surface area contributed by atoms with Crippen LogP contribution in [0.3, 0.4) is 0 Å². The van der Waals surface area contributed by atoms with Crippen LogP contribution in [0.25, 0.3) is 0 Å². The molecule has 1 aromatic heterocycles. The summed E-state index contributed by atoms with van der Waals surface area (Å²) in [5.41, 5.74) is 2.28. The van der Waals surface area contributed by atoms with Gasteiger partial charge >= 0.3 is 5.63 Å². The van der Waals surface area contributed by atoms with E-state index < -0.39 is 0 Å². The Hall–Kier alpha value is -1.84. The standard InChI is InChI=1S/C17H21NO3/c1-10-9-14-15(16(19)18-10)13(11(2)17(20)21-14)8-7-12-5-3-4-6-12/h12H,1,3-9H2,2H3,(H,18,19). The van der Waals surface area contributed by atoms with Gasteiger partial charge < -0.3 is 9.73 Å². The summed E-state index contributed by atoms with van der Waals surface area (Å²) in [5, 5.41) is 2.76. The highest BCUT2D eigenvalue weighted by molar-refractivity contribution is 5.99. The zero-order valence-electron chi connectivity index (χ0n) is 12.5. The average molecular weight is 287 g/mol. The van der Waals surface area contributed by atoms with Crippen molar-refractivity contribution in [3.05, 3.63) is 45.1 Å². The van der Waals surface area contributed by atoms with E-state index in [1.54, 1.807) is 6.92 Å². The van der Waals surface area contributed by atoms with Crippen LogP contribution >= 0.6 is 0 Å². The Bertz CT molecular complexity index is 651. The van der Waals surface area contributed by atoms with Crippen LogP contribution in [-0.4, -0.2) is 5.91 Å². The van der Waals surface area contributed by atoms with Crippen LogP contribution in [0.15, 0.2) is 21.5 Å². The number of fused-ring (bicyclic) bond motifs is 1. The molecule has 0 radical (unpaired) electrons. The molecule has 1 aliphatic carbocycles. The molecule has 2 heterocycles. The molecule has 2 aliphatic rings. The molecular formula is C17H21NO3. The molecule has 1 saturated carbocycles. The van der Waals surface area contributed by atoms with Crippen LogP contribution in [0.4, 0.5) is 0 Å². The quantitative estimate of drug-likeness (QED) is 0.930. The fourth-order valence-electron chi connectivity index (χ4n) is 3.53. The van der Waals surface area contributed by atoms with Crippen molar-refractivity contribution in [2.45, 2.75) is 51.9 Å². The number of rotatable bonds is 3. The van der Waals surface area contributed by atoms with Crippen molar-refractivity contribution in [2.24, 2.45) is 5.92 Å². The van der Waals surface area contributed by atoms with Crippen LogP contribution in [-0.2, 0) is 12.8 Å². The molecule has 1 aromatic rings. The molecule has 4 heteroatoms. The molecule has 1 fully saturated rings. The maximum atomic E-state index is 12.2. The fraction of sp³-hybridized carbons (Fsp3) is 0.529. The first-order valence-electron chi connectivity index (χ1n) is 7.71. The van der Waals surface area contributed by atoms with Gasteiger partial charge in [-0.3, -0.25) is 4.79 Å². The number of allylic oxidation sites excluding steroid dienone is 1. The lowest BCUT2D eigenvalue weighted by Gasteiger charge is -2.21. The van der Waals surface area contributed by atoms with Crippen molar-refractivity contribution in [3.8, 4) is 0 Å². The summed E-state index contributed by atoms with van der Waals surface area (Å²) in [4.78, 5) is 24.2. The monoisotopic (exact) mass is 287 g/mol. The van der Waals surface area contributed by atoms with E-state index in [0.717, 1.165) is 24.3 Å². The number of carbonyl (C=O) groups excluding carboxylic acids is 1. The van der Waals surface area contributed by atoms with E-state index in [-0.39, 0.29) is 11.5 Å². The third kappa shape index (κ3) is 2.67. The second-order valence-electron chi connectivity index (χ2n) is 6.21. The Morgan fingerprint density at radius 1 is 1.29 bits per heavy atom. The van der Waals surface area contributed by atoms with Crippen LogP contribution < -0.4 is 10.9 Å². The van der Waals surface area contributed by atoms with E-state index in [9.17, 15) is 9.59 Å². The lowest BCUT2D eigenvalue weighted by Crippen LogP contribution is -2.33. The van der Waals surface area contributed by atoms with Gasteiger partial charge in [-0.1, -0.05) is 32.3 Å². The molecule has 0 bridgehead atoms. The lowest BCUT2D eigenvalue weighted by atomic mass is 9.91. The van der Waals surface area contributed by atoms with E-state index in [2.05, 4.69) is 11.9 Å². The lowest BCUT2D eigenvalue weighted by molar-refractivity contribution is 0.0952. The van der Waals surface area contributed by atoms with Gasteiger partial charge in [-0.25, -0.2) is 4.79 Å². The molecule has 0 unspecified atom stereocenters. The highest BCUT2D eigenvalue weighted by atomic mass is 16.4. The van der Waals surface area contributed by atoms with Gasteiger partial charge in [-0.2, -0.15) is 0 Å². The molecule has 0 atom stereocenters. The van der Waals surface area contributed by atoms with Crippen molar-refractivity contribution in [2.75, 3.05) is 0 Å². The second kappa shape index (κ2) is 5.51. The number of carbonyl (C=O) groups is 1. The number of hydrogen-bond acceptors (Lipinski definition) is 3. The van der Waals surface area contributed by atoms with E-state index in [1.807, 2.05) is 0 Å². The fourth-order valence-corrected chi connectivity index (χ4v) is 3.53. The Balaban J connectivity index is 1.96. The Labute approximate surface area is 124 Å². The largest absolute Gasteiger partial charge is 0.426 e. The predicted molar refractivity (Wildman–Crippen MR) is 80.3 cm³/mol. The molecule has 112 valence electrons.